The first-order chi connectivity index (χ1) is 15.3. The number of piperidine rings is 1. The zero-order chi connectivity index (χ0) is 22.5. The molecule has 1 amide bonds. The van der Waals surface area contributed by atoms with Crippen LogP contribution in [0.2, 0.25) is 0 Å². The van der Waals surface area contributed by atoms with Gasteiger partial charge in [0.15, 0.2) is 0 Å². The number of thiophene rings is 1. The maximum atomic E-state index is 13.5. The number of carbonyl (C=O) groups excluding carboxylic acids is 1. The van der Waals surface area contributed by atoms with Gasteiger partial charge in [-0.25, -0.2) is 15.0 Å². The van der Waals surface area contributed by atoms with Crippen LogP contribution in [-0.4, -0.2) is 48.8 Å². The fourth-order valence-electron chi connectivity index (χ4n) is 4.55. The molecule has 2 aliphatic rings. The number of carbonyl (C=O) groups is 1. The SMILES string of the molecule is [C-]#[N+]C1(c2ccc(-c3c(C(=O)N4CCC(S(C)(=O)=O)CC4)cnc4ccsc34)cc2)CC1. The summed E-state index contributed by atoms with van der Waals surface area (Å²) >= 11 is 1.56. The minimum Gasteiger partial charge on any atom is -0.338 e. The second-order valence-electron chi connectivity index (χ2n) is 8.72. The molecular formula is C24H23N3O3S2. The fraction of sp³-hybridized carbons (Fsp3) is 0.375. The Morgan fingerprint density at radius 3 is 2.47 bits per heavy atom. The van der Waals surface area contributed by atoms with E-state index < -0.39 is 9.84 Å². The van der Waals surface area contributed by atoms with Crippen LogP contribution >= 0.6 is 11.3 Å². The average molecular weight is 466 g/mol. The lowest BCUT2D eigenvalue weighted by Crippen LogP contribution is -2.42. The van der Waals surface area contributed by atoms with Gasteiger partial charge >= 0.3 is 0 Å². The average Bonchev–Trinajstić information content (AvgIpc) is 3.46. The van der Waals surface area contributed by atoms with E-state index in [4.69, 9.17) is 6.57 Å². The van der Waals surface area contributed by atoms with Crippen molar-refractivity contribution in [3.05, 3.63) is 64.5 Å². The van der Waals surface area contributed by atoms with E-state index in [9.17, 15) is 13.2 Å². The van der Waals surface area contributed by atoms with Crippen molar-refractivity contribution < 1.29 is 13.2 Å². The van der Waals surface area contributed by atoms with Crippen LogP contribution in [0.3, 0.4) is 0 Å². The Labute approximate surface area is 191 Å². The van der Waals surface area contributed by atoms with Gasteiger partial charge < -0.3 is 9.74 Å². The van der Waals surface area contributed by atoms with Crippen LogP contribution in [0.5, 0.6) is 0 Å². The third-order valence-electron chi connectivity index (χ3n) is 6.69. The second kappa shape index (κ2) is 7.68. The molecule has 3 heterocycles. The minimum absolute atomic E-state index is 0.112. The van der Waals surface area contributed by atoms with Gasteiger partial charge in [-0.3, -0.25) is 9.78 Å². The smallest absolute Gasteiger partial charge is 0.258 e. The number of likely N-dealkylation sites (tertiary alicyclic amines) is 1. The quantitative estimate of drug-likeness (QED) is 0.531. The molecule has 5 rings (SSSR count). The molecule has 0 unspecified atom stereocenters. The molecule has 1 aromatic carbocycles. The molecule has 1 aliphatic carbocycles. The van der Waals surface area contributed by atoms with Crippen LogP contribution in [0.25, 0.3) is 26.2 Å². The minimum atomic E-state index is -3.10. The number of aromatic nitrogens is 1. The van der Waals surface area contributed by atoms with Crippen molar-refractivity contribution in [2.24, 2.45) is 0 Å². The van der Waals surface area contributed by atoms with E-state index in [1.165, 1.54) is 6.26 Å². The number of sulfone groups is 1. The summed E-state index contributed by atoms with van der Waals surface area (Å²) in [7, 11) is -3.10. The summed E-state index contributed by atoms with van der Waals surface area (Å²) in [6.45, 7) is 8.34. The maximum Gasteiger partial charge on any atom is 0.258 e. The van der Waals surface area contributed by atoms with Crippen LogP contribution in [0.15, 0.2) is 41.9 Å². The lowest BCUT2D eigenvalue weighted by molar-refractivity contribution is 0.0726. The predicted octanol–water partition coefficient (Wildman–Crippen LogP) is 4.52. The van der Waals surface area contributed by atoms with Crippen molar-refractivity contribution in [2.75, 3.05) is 19.3 Å². The molecule has 0 bridgehead atoms. The van der Waals surface area contributed by atoms with Crippen molar-refractivity contribution >= 4 is 37.3 Å². The molecule has 1 saturated heterocycles. The van der Waals surface area contributed by atoms with Gasteiger partial charge in [0.25, 0.3) is 11.4 Å². The molecule has 0 atom stereocenters. The van der Waals surface area contributed by atoms with Gasteiger partial charge in [-0.15, -0.1) is 11.3 Å². The number of hydrogen-bond acceptors (Lipinski definition) is 5. The molecule has 32 heavy (non-hydrogen) atoms. The summed E-state index contributed by atoms with van der Waals surface area (Å²) in [5.41, 5.74) is 3.84. The molecular weight excluding hydrogens is 442 g/mol. The van der Waals surface area contributed by atoms with E-state index in [2.05, 4.69) is 9.83 Å². The van der Waals surface area contributed by atoms with E-state index in [0.29, 0.717) is 31.5 Å². The summed E-state index contributed by atoms with van der Waals surface area (Å²) in [5, 5.41) is 1.59. The van der Waals surface area contributed by atoms with Crippen LogP contribution in [0.4, 0.5) is 0 Å². The fourth-order valence-corrected chi connectivity index (χ4v) is 6.54. The van der Waals surface area contributed by atoms with E-state index >= 15 is 0 Å². The lowest BCUT2D eigenvalue weighted by atomic mass is 9.96. The highest BCUT2D eigenvalue weighted by Gasteiger charge is 2.52. The monoisotopic (exact) mass is 465 g/mol. The highest BCUT2D eigenvalue weighted by molar-refractivity contribution is 7.91. The molecule has 0 spiro atoms. The Kier molecular flexibility index (Phi) is 5.06. The molecule has 8 heteroatoms. The van der Waals surface area contributed by atoms with Crippen molar-refractivity contribution in [1.82, 2.24) is 9.88 Å². The van der Waals surface area contributed by atoms with Gasteiger partial charge in [0.2, 0.25) is 0 Å². The first kappa shape index (κ1) is 21.1. The molecule has 2 aromatic heterocycles. The second-order valence-corrected chi connectivity index (χ2v) is 12.0. The molecule has 0 N–H and O–H groups in total. The van der Waals surface area contributed by atoms with Gasteiger partial charge in [0, 0.05) is 49.5 Å². The summed E-state index contributed by atoms with van der Waals surface area (Å²) in [4.78, 5) is 23.6. The third-order valence-corrected chi connectivity index (χ3v) is 9.29. The van der Waals surface area contributed by atoms with Crippen LogP contribution in [0, 0.1) is 6.57 Å². The Bertz CT molecular complexity index is 1340. The standard InChI is InChI=1S/C24H23N3O3S2/c1-25-24(10-11-24)17-5-3-16(4-6-17)21-19(15-26-20-9-14-31-22(20)21)23(28)27-12-7-18(8-13-27)32(2,29)30/h3-6,9,14-15,18H,7-8,10-13H2,2H3. The number of pyridine rings is 1. The molecule has 1 aliphatic heterocycles. The highest BCUT2D eigenvalue weighted by atomic mass is 32.2. The van der Waals surface area contributed by atoms with E-state index in [1.54, 1.807) is 22.4 Å². The Morgan fingerprint density at radius 2 is 1.88 bits per heavy atom. The zero-order valence-electron chi connectivity index (χ0n) is 17.7. The summed E-state index contributed by atoms with van der Waals surface area (Å²) in [5.74, 6) is -0.112. The van der Waals surface area contributed by atoms with Crippen molar-refractivity contribution in [2.45, 2.75) is 36.5 Å². The van der Waals surface area contributed by atoms with Crippen LogP contribution in [-0.2, 0) is 15.4 Å². The zero-order valence-corrected chi connectivity index (χ0v) is 19.4. The number of amides is 1. The number of rotatable bonds is 4. The van der Waals surface area contributed by atoms with Crippen LogP contribution < -0.4 is 0 Å². The normalized spacial score (nSPS) is 18.4. The van der Waals surface area contributed by atoms with E-state index in [1.807, 2.05) is 35.7 Å². The van der Waals surface area contributed by atoms with Gasteiger partial charge in [-0.1, -0.05) is 24.3 Å². The largest absolute Gasteiger partial charge is 0.338 e. The van der Waals surface area contributed by atoms with E-state index in [0.717, 1.165) is 39.7 Å². The lowest BCUT2D eigenvalue weighted by Gasteiger charge is -2.31. The summed E-state index contributed by atoms with van der Waals surface area (Å²) < 4.78 is 24.7. The topological polar surface area (TPSA) is 71.7 Å². The predicted molar refractivity (Wildman–Crippen MR) is 126 cm³/mol. The van der Waals surface area contributed by atoms with Crippen molar-refractivity contribution in [3.63, 3.8) is 0 Å². The number of hydrogen-bond donors (Lipinski definition) is 0. The molecule has 3 aromatic rings. The van der Waals surface area contributed by atoms with Gasteiger partial charge in [-0.05, 0) is 29.9 Å². The number of fused-ring (bicyclic) bond motifs is 1. The number of nitrogens with zero attached hydrogens (tertiary/aromatic N) is 3. The van der Waals surface area contributed by atoms with Gasteiger partial charge in [0.05, 0.1) is 21.0 Å². The van der Waals surface area contributed by atoms with E-state index in [-0.39, 0.29) is 16.7 Å². The number of benzene rings is 1. The van der Waals surface area contributed by atoms with Crippen molar-refractivity contribution in [3.8, 4) is 11.1 Å². The van der Waals surface area contributed by atoms with Crippen molar-refractivity contribution in [1.29, 1.82) is 0 Å². The molecule has 164 valence electrons. The van der Waals surface area contributed by atoms with Gasteiger partial charge in [0.1, 0.15) is 9.84 Å². The first-order valence-electron chi connectivity index (χ1n) is 10.7. The Balaban J connectivity index is 1.50. The maximum absolute atomic E-state index is 13.5. The first-order valence-corrected chi connectivity index (χ1v) is 13.5. The molecule has 6 nitrogen and oxygen atoms in total. The highest BCUT2D eigenvalue weighted by Crippen LogP contribution is 2.50. The Hall–Kier alpha value is -2.76. The molecule has 2 fully saturated rings. The summed E-state index contributed by atoms with van der Waals surface area (Å²) in [6, 6.07) is 9.96. The van der Waals surface area contributed by atoms with Crippen LogP contribution in [0.1, 0.15) is 41.6 Å². The molecule has 0 radical (unpaired) electrons. The Morgan fingerprint density at radius 1 is 1.19 bits per heavy atom. The third kappa shape index (κ3) is 3.59. The summed E-state index contributed by atoms with van der Waals surface area (Å²) in [6.07, 6.45) is 5.63. The van der Waals surface area contributed by atoms with Gasteiger partial charge in [-0.2, -0.15) is 0 Å². The molecule has 1 saturated carbocycles.